The van der Waals surface area contributed by atoms with Gasteiger partial charge in [-0.15, -0.1) is 6.42 Å². The normalized spacial score (nSPS) is 15.8. The lowest BCUT2D eigenvalue weighted by Gasteiger charge is -2.17. The fourth-order valence-electron chi connectivity index (χ4n) is 0.716. The highest BCUT2D eigenvalue weighted by molar-refractivity contribution is 5.01. The molecular weight excluding hydrogens is 126 g/mol. The number of nitrogens with one attached hydrogen (secondary N) is 1. The van der Waals surface area contributed by atoms with Gasteiger partial charge in [0.05, 0.1) is 12.1 Å². The van der Waals surface area contributed by atoms with Crippen LogP contribution < -0.4 is 5.32 Å². The first kappa shape index (κ1) is 9.48. The van der Waals surface area contributed by atoms with E-state index in [1.54, 1.807) is 7.11 Å². The van der Waals surface area contributed by atoms with Crippen molar-refractivity contribution in [3.05, 3.63) is 0 Å². The third kappa shape index (κ3) is 2.86. The molecule has 0 fully saturated rings. The van der Waals surface area contributed by atoms with E-state index in [0.717, 1.165) is 6.54 Å². The highest BCUT2D eigenvalue weighted by atomic mass is 16.5. The molecule has 0 aromatic heterocycles. The summed E-state index contributed by atoms with van der Waals surface area (Å²) in [5, 5.41) is 3.12. The van der Waals surface area contributed by atoms with Crippen molar-refractivity contribution in [3.63, 3.8) is 0 Å². The first-order chi connectivity index (χ1) is 4.76. The van der Waals surface area contributed by atoms with E-state index in [9.17, 15) is 0 Å². The predicted octanol–water partition coefficient (Wildman–Crippen LogP) is 0.633. The molecule has 10 heavy (non-hydrogen) atoms. The largest absolute Gasteiger partial charge is 0.379 e. The molecule has 58 valence electrons. The minimum Gasteiger partial charge on any atom is -0.379 e. The molecule has 0 aromatic carbocycles. The summed E-state index contributed by atoms with van der Waals surface area (Å²) in [7, 11) is 1.66. The van der Waals surface area contributed by atoms with Crippen molar-refractivity contribution in [2.45, 2.75) is 26.0 Å². The molecule has 0 spiro atoms. The lowest BCUT2D eigenvalue weighted by Crippen LogP contribution is -2.37. The minimum atomic E-state index is 0.0370. The van der Waals surface area contributed by atoms with Gasteiger partial charge in [-0.3, -0.25) is 0 Å². The van der Waals surface area contributed by atoms with Crippen LogP contribution in [0.4, 0.5) is 0 Å². The maximum atomic E-state index is 5.24. The van der Waals surface area contributed by atoms with E-state index in [1.165, 1.54) is 0 Å². The molecule has 0 bridgehead atoms. The van der Waals surface area contributed by atoms with Gasteiger partial charge in [0.25, 0.3) is 0 Å². The Morgan fingerprint density at radius 3 is 2.60 bits per heavy atom. The Balaban J connectivity index is 3.71. The Hall–Kier alpha value is -0.520. The SMILES string of the molecule is C#CC(NCC)C(C)OC. The van der Waals surface area contributed by atoms with Crippen molar-refractivity contribution >= 4 is 0 Å². The second-order valence-corrected chi connectivity index (χ2v) is 2.14. The third-order valence-corrected chi connectivity index (χ3v) is 1.44. The van der Waals surface area contributed by atoms with Crippen LogP contribution in [0.5, 0.6) is 0 Å². The number of likely N-dealkylation sites (N-methyl/N-ethyl adjacent to an activating group) is 1. The quantitative estimate of drug-likeness (QED) is 0.580. The topological polar surface area (TPSA) is 21.3 Å². The average molecular weight is 141 g/mol. The Labute approximate surface area is 63.0 Å². The molecule has 0 heterocycles. The van der Waals surface area contributed by atoms with Gasteiger partial charge in [0.15, 0.2) is 0 Å². The summed E-state index contributed by atoms with van der Waals surface area (Å²) in [5.41, 5.74) is 0. The second-order valence-electron chi connectivity index (χ2n) is 2.14. The number of hydrogen-bond donors (Lipinski definition) is 1. The number of methoxy groups -OCH3 is 1. The molecule has 0 radical (unpaired) electrons. The van der Waals surface area contributed by atoms with Crippen LogP contribution in [0.1, 0.15) is 13.8 Å². The zero-order chi connectivity index (χ0) is 7.98. The van der Waals surface area contributed by atoms with Gasteiger partial charge in [-0.05, 0) is 13.5 Å². The minimum absolute atomic E-state index is 0.0370. The first-order valence-corrected chi connectivity index (χ1v) is 3.48. The molecule has 2 nitrogen and oxygen atoms in total. The van der Waals surface area contributed by atoms with E-state index in [2.05, 4.69) is 11.2 Å². The van der Waals surface area contributed by atoms with E-state index < -0.39 is 0 Å². The standard InChI is InChI=1S/C8H15NO/c1-5-8(9-6-2)7(3)10-4/h1,7-9H,6H2,2-4H3. The van der Waals surface area contributed by atoms with Crippen LogP contribution in [0.25, 0.3) is 0 Å². The van der Waals surface area contributed by atoms with Crippen molar-refractivity contribution < 1.29 is 4.74 Å². The van der Waals surface area contributed by atoms with Crippen LogP contribution >= 0.6 is 0 Å². The van der Waals surface area contributed by atoms with Crippen molar-refractivity contribution in [1.82, 2.24) is 5.32 Å². The monoisotopic (exact) mass is 141 g/mol. The van der Waals surface area contributed by atoms with Crippen molar-refractivity contribution in [3.8, 4) is 12.3 Å². The second kappa shape index (κ2) is 5.28. The van der Waals surface area contributed by atoms with Crippen LogP contribution in [0.15, 0.2) is 0 Å². The smallest absolute Gasteiger partial charge is 0.0949 e. The molecule has 0 aliphatic rings. The van der Waals surface area contributed by atoms with E-state index in [0.29, 0.717) is 0 Å². The molecule has 0 aliphatic heterocycles. The number of terminal acetylenes is 1. The molecule has 0 aromatic rings. The van der Waals surface area contributed by atoms with E-state index in [-0.39, 0.29) is 12.1 Å². The van der Waals surface area contributed by atoms with E-state index in [4.69, 9.17) is 11.2 Å². The van der Waals surface area contributed by atoms with E-state index >= 15 is 0 Å². The highest BCUT2D eigenvalue weighted by Crippen LogP contribution is 1.94. The molecule has 0 saturated heterocycles. The van der Waals surface area contributed by atoms with Gasteiger partial charge in [-0.25, -0.2) is 0 Å². The fourth-order valence-corrected chi connectivity index (χ4v) is 0.716. The number of rotatable bonds is 4. The van der Waals surface area contributed by atoms with Crippen LogP contribution in [-0.2, 0) is 4.74 Å². The summed E-state index contributed by atoms with van der Waals surface area (Å²) in [5.74, 6) is 2.62. The summed E-state index contributed by atoms with van der Waals surface area (Å²) in [4.78, 5) is 0. The predicted molar refractivity (Wildman–Crippen MR) is 42.8 cm³/mol. The summed E-state index contributed by atoms with van der Waals surface area (Å²) in [6.07, 6.45) is 5.33. The molecule has 1 N–H and O–H groups in total. The Morgan fingerprint density at radius 2 is 2.30 bits per heavy atom. The fraction of sp³-hybridized carbons (Fsp3) is 0.750. The Bertz CT molecular complexity index is 117. The van der Waals surface area contributed by atoms with Gasteiger partial charge in [-0.2, -0.15) is 0 Å². The zero-order valence-corrected chi connectivity index (χ0v) is 6.85. The zero-order valence-electron chi connectivity index (χ0n) is 6.85. The summed E-state index contributed by atoms with van der Waals surface area (Å²) < 4.78 is 5.05. The summed E-state index contributed by atoms with van der Waals surface area (Å²) in [6, 6.07) is 0.0370. The Morgan fingerprint density at radius 1 is 1.70 bits per heavy atom. The average Bonchev–Trinajstić information content (AvgIpc) is 1.99. The van der Waals surface area contributed by atoms with Crippen molar-refractivity contribution in [1.29, 1.82) is 0 Å². The van der Waals surface area contributed by atoms with Gasteiger partial charge in [0.2, 0.25) is 0 Å². The van der Waals surface area contributed by atoms with E-state index in [1.807, 2.05) is 13.8 Å². The van der Waals surface area contributed by atoms with Crippen LogP contribution in [0.2, 0.25) is 0 Å². The van der Waals surface area contributed by atoms with Gasteiger partial charge in [0, 0.05) is 7.11 Å². The lowest BCUT2D eigenvalue weighted by atomic mass is 10.2. The molecule has 2 heteroatoms. The lowest BCUT2D eigenvalue weighted by molar-refractivity contribution is 0.100. The van der Waals surface area contributed by atoms with Gasteiger partial charge >= 0.3 is 0 Å². The maximum absolute atomic E-state index is 5.24. The first-order valence-electron chi connectivity index (χ1n) is 3.48. The molecule has 0 amide bonds. The molecular formula is C8H15NO. The van der Waals surface area contributed by atoms with Gasteiger partial charge in [-0.1, -0.05) is 12.8 Å². The Kier molecular flexibility index (Phi) is 5.00. The van der Waals surface area contributed by atoms with Gasteiger partial charge in [0.1, 0.15) is 0 Å². The highest BCUT2D eigenvalue weighted by Gasteiger charge is 2.10. The maximum Gasteiger partial charge on any atom is 0.0949 e. The summed E-state index contributed by atoms with van der Waals surface area (Å²) in [6.45, 7) is 4.85. The van der Waals surface area contributed by atoms with Crippen molar-refractivity contribution in [2.75, 3.05) is 13.7 Å². The summed E-state index contributed by atoms with van der Waals surface area (Å²) >= 11 is 0. The molecule has 0 saturated carbocycles. The number of ether oxygens (including phenoxy) is 1. The van der Waals surface area contributed by atoms with Crippen molar-refractivity contribution in [2.24, 2.45) is 0 Å². The molecule has 2 atom stereocenters. The molecule has 0 rings (SSSR count). The third-order valence-electron chi connectivity index (χ3n) is 1.44. The number of hydrogen-bond acceptors (Lipinski definition) is 2. The van der Waals surface area contributed by atoms with Gasteiger partial charge < -0.3 is 10.1 Å². The molecule has 2 unspecified atom stereocenters. The van der Waals surface area contributed by atoms with Crippen LogP contribution in [-0.4, -0.2) is 25.8 Å². The molecule has 0 aliphatic carbocycles. The van der Waals surface area contributed by atoms with Crippen LogP contribution in [0.3, 0.4) is 0 Å². The van der Waals surface area contributed by atoms with Crippen LogP contribution in [0, 0.1) is 12.3 Å².